The van der Waals surface area contributed by atoms with Crippen LogP contribution in [0.3, 0.4) is 0 Å². The van der Waals surface area contributed by atoms with Gasteiger partial charge >= 0.3 is 0 Å². The molecule has 136 valence electrons. The lowest BCUT2D eigenvalue weighted by molar-refractivity contribution is -0.00323. The molecule has 1 amide bonds. The molecule has 0 aliphatic carbocycles. The molecule has 7 nitrogen and oxygen atoms in total. The summed E-state index contributed by atoms with van der Waals surface area (Å²) in [7, 11) is 0. The quantitative estimate of drug-likeness (QED) is 0.884. The second-order valence-corrected chi connectivity index (χ2v) is 6.11. The second-order valence-electron chi connectivity index (χ2n) is 6.11. The second kappa shape index (κ2) is 8.02. The van der Waals surface area contributed by atoms with Gasteiger partial charge in [-0.2, -0.15) is 5.26 Å². The molecule has 3 rings (SSSR count). The van der Waals surface area contributed by atoms with Crippen LogP contribution in [-0.4, -0.2) is 36.3 Å². The van der Waals surface area contributed by atoms with E-state index in [2.05, 4.69) is 16.4 Å². The van der Waals surface area contributed by atoms with E-state index in [1.54, 1.807) is 31.2 Å². The molecular weight excluding hydrogens is 334 g/mol. The Balaban J connectivity index is 1.69. The van der Waals surface area contributed by atoms with Crippen molar-refractivity contribution in [3.05, 3.63) is 47.2 Å². The maximum Gasteiger partial charge on any atom is 0.289 e. The normalized spacial score (nSPS) is 19.6. The molecule has 2 atom stereocenters. The molecule has 0 unspecified atom stereocenters. The van der Waals surface area contributed by atoms with Gasteiger partial charge in [0.15, 0.2) is 5.89 Å². The summed E-state index contributed by atoms with van der Waals surface area (Å²) >= 11 is 0. The highest BCUT2D eigenvalue weighted by atomic mass is 16.5. The maximum atomic E-state index is 12.6. The van der Waals surface area contributed by atoms with E-state index >= 15 is 0 Å². The minimum absolute atomic E-state index is 0.226. The lowest BCUT2D eigenvalue weighted by Gasteiger charge is -2.32. The number of nitriles is 1. The summed E-state index contributed by atoms with van der Waals surface area (Å²) < 4.78 is 17.0. The van der Waals surface area contributed by atoms with Crippen LogP contribution in [0.15, 0.2) is 28.7 Å². The van der Waals surface area contributed by atoms with Gasteiger partial charge in [-0.15, -0.1) is 0 Å². The Morgan fingerprint density at radius 2 is 2.19 bits per heavy atom. The van der Waals surface area contributed by atoms with Crippen LogP contribution in [0.5, 0.6) is 5.75 Å². The third-order valence-corrected chi connectivity index (χ3v) is 4.23. The maximum absolute atomic E-state index is 12.6. The van der Waals surface area contributed by atoms with Crippen LogP contribution in [-0.2, 0) is 11.2 Å². The van der Waals surface area contributed by atoms with Gasteiger partial charge in [0.25, 0.3) is 5.91 Å². The number of oxazole rings is 1. The average molecular weight is 355 g/mol. The Hall–Kier alpha value is -2.85. The minimum Gasteiger partial charge on any atom is -0.488 e. The molecular formula is C19H21N3O4. The fourth-order valence-corrected chi connectivity index (χ4v) is 2.82. The Bertz CT molecular complexity index is 807. The van der Waals surface area contributed by atoms with Crippen LogP contribution in [0.1, 0.15) is 41.0 Å². The van der Waals surface area contributed by atoms with Crippen LogP contribution in [0, 0.1) is 18.3 Å². The first-order chi connectivity index (χ1) is 12.6. The highest BCUT2D eigenvalue weighted by molar-refractivity contribution is 5.92. The summed E-state index contributed by atoms with van der Waals surface area (Å²) in [5, 5.41) is 11.8. The van der Waals surface area contributed by atoms with E-state index in [1.807, 2.05) is 6.92 Å². The molecule has 1 saturated heterocycles. The number of aromatic nitrogens is 1. The SMILES string of the molecule is CCc1nc(C)c(C(=O)N[C@@H]2COCC[C@H]2Oc2ccc(C#N)cc2)o1. The largest absolute Gasteiger partial charge is 0.488 e. The smallest absolute Gasteiger partial charge is 0.289 e. The molecule has 1 aliphatic heterocycles. The van der Waals surface area contributed by atoms with Gasteiger partial charge in [0.2, 0.25) is 5.76 Å². The first kappa shape index (κ1) is 18.0. The fourth-order valence-electron chi connectivity index (χ4n) is 2.82. The standard InChI is InChI=1S/C19H21N3O4/c1-3-17-21-12(2)18(26-17)19(23)22-15-11-24-9-8-16(15)25-14-6-4-13(10-20)5-7-14/h4-7,15-16H,3,8-9,11H2,1-2H3,(H,22,23)/t15-,16-/m1/s1. The van der Waals surface area contributed by atoms with Crippen molar-refractivity contribution in [3.63, 3.8) is 0 Å². The van der Waals surface area contributed by atoms with Crippen LogP contribution in [0.2, 0.25) is 0 Å². The number of rotatable bonds is 5. The van der Waals surface area contributed by atoms with Crippen molar-refractivity contribution in [3.8, 4) is 11.8 Å². The molecule has 0 bridgehead atoms. The summed E-state index contributed by atoms with van der Waals surface area (Å²) in [5.74, 6) is 1.10. The molecule has 1 aromatic carbocycles. The summed E-state index contributed by atoms with van der Waals surface area (Å²) in [4.78, 5) is 16.8. The van der Waals surface area contributed by atoms with Crippen LogP contribution in [0.25, 0.3) is 0 Å². The Morgan fingerprint density at radius 1 is 1.42 bits per heavy atom. The van der Waals surface area contributed by atoms with E-state index in [4.69, 9.17) is 19.2 Å². The molecule has 26 heavy (non-hydrogen) atoms. The summed E-state index contributed by atoms with van der Waals surface area (Å²) in [6.07, 6.45) is 1.06. The van der Waals surface area contributed by atoms with Crippen molar-refractivity contribution < 1.29 is 18.7 Å². The lowest BCUT2D eigenvalue weighted by atomic mass is 10.1. The van der Waals surface area contributed by atoms with Crippen molar-refractivity contribution >= 4 is 5.91 Å². The van der Waals surface area contributed by atoms with E-state index in [0.29, 0.717) is 49.0 Å². The number of carbonyl (C=O) groups excluding carboxylic acids is 1. The third-order valence-electron chi connectivity index (χ3n) is 4.23. The van der Waals surface area contributed by atoms with Gasteiger partial charge in [0.05, 0.1) is 36.6 Å². The van der Waals surface area contributed by atoms with Gasteiger partial charge < -0.3 is 19.2 Å². The van der Waals surface area contributed by atoms with Gasteiger partial charge in [0, 0.05) is 12.8 Å². The van der Waals surface area contributed by atoms with Crippen molar-refractivity contribution in [1.82, 2.24) is 10.3 Å². The lowest BCUT2D eigenvalue weighted by Crippen LogP contribution is -2.51. The first-order valence-electron chi connectivity index (χ1n) is 8.62. The van der Waals surface area contributed by atoms with Crippen molar-refractivity contribution in [2.45, 2.75) is 38.8 Å². The van der Waals surface area contributed by atoms with Gasteiger partial charge in [-0.1, -0.05) is 6.92 Å². The van der Waals surface area contributed by atoms with E-state index in [-0.39, 0.29) is 23.8 Å². The Morgan fingerprint density at radius 3 is 2.85 bits per heavy atom. The fraction of sp³-hybridized carbons (Fsp3) is 0.421. The van der Waals surface area contributed by atoms with E-state index in [9.17, 15) is 4.79 Å². The van der Waals surface area contributed by atoms with Gasteiger partial charge in [-0.3, -0.25) is 4.79 Å². The first-order valence-corrected chi connectivity index (χ1v) is 8.62. The zero-order chi connectivity index (χ0) is 18.5. The number of hydrogen-bond acceptors (Lipinski definition) is 6. The van der Waals surface area contributed by atoms with Crippen LogP contribution >= 0.6 is 0 Å². The number of ether oxygens (including phenoxy) is 2. The molecule has 0 radical (unpaired) electrons. The van der Waals surface area contributed by atoms with Crippen LogP contribution < -0.4 is 10.1 Å². The van der Waals surface area contributed by atoms with E-state index in [1.165, 1.54) is 0 Å². The van der Waals surface area contributed by atoms with Crippen LogP contribution in [0.4, 0.5) is 0 Å². The van der Waals surface area contributed by atoms with Crippen molar-refractivity contribution in [2.24, 2.45) is 0 Å². The monoisotopic (exact) mass is 355 g/mol. The van der Waals surface area contributed by atoms with Crippen molar-refractivity contribution in [2.75, 3.05) is 13.2 Å². The van der Waals surface area contributed by atoms with Gasteiger partial charge in [0.1, 0.15) is 11.9 Å². The number of carbonyl (C=O) groups is 1. The molecule has 1 aliphatic rings. The number of nitrogens with one attached hydrogen (secondary N) is 1. The third kappa shape index (κ3) is 4.03. The zero-order valence-electron chi connectivity index (χ0n) is 14.8. The molecule has 0 spiro atoms. The van der Waals surface area contributed by atoms with Gasteiger partial charge in [-0.25, -0.2) is 4.98 Å². The summed E-state index contributed by atoms with van der Waals surface area (Å²) in [6.45, 7) is 4.60. The number of benzene rings is 1. The number of nitrogens with zero attached hydrogens (tertiary/aromatic N) is 2. The molecule has 1 aromatic heterocycles. The molecule has 1 N–H and O–H groups in total. The molecule has 7 heteroatoms. The molecule has 2 heterocycles. The molecule has 2 aromatic rings. The number of amides is 1. The highest BCUT2D eigenvalue weighted by Gasteiger charge is 2.30. The zero-order valence-corrected chi connectivity index (χ0v) is 14.8. The van der Waals surface area contributed by atoms with E-state index in [0.717, 1.165) is 0 Å². The average Bonchev–Trinajstić information content (AvgIpc) is 3.05. The molecule has 0 saturated carbocycles. The highest BCUT2D eigenvalue weighted by Crippen LogP contribution is 2.20. The van der Waals surface area contributed by atoms with E-state index < -0.39 is 0 Å². The Kier molecular flexibility index (Phi) is 5.54. The minimum atomic E-state index is -0.321. The Labute approximate surface area is 151 Å². The summed E-state index contributed by atoms with van der Waals surface area (Å²) in [6, 6.07) is 8.67. The van der Waals surface area contributed by atoms with Crippen molar-refractivity contribution in [1.29, 1.82) is 5.26 Å². The predicted molar refractivity (Wildman–Crippen MR) is 92.9 cm³/mol. The number of hydrogen-bond donors (Lipinski definition) is 1. The summed E-state index contributed by atoms with van der Waals surface area (Å²) in [5.41, 5.74) is 1.14. The predicted octanol–water partition coefficient (Wildman–Crippen LogP) is 2.38. The topological polar surface area (TPSA) is 97.4 Å². The van der Waals surface area contributed by atoms with Gasteiger partial charge in [-0.05, 0) is 31.2 Å². The number of aryl methyl sites for hydroxylation is 2. The molecule has 1 fully saturated rings.